The molecule has 14 heteroatoms. The number of sulfonamides is 1. The van der Waals surface area contributed by atoms with Gasteiger partial charge in [-0.1, -0.05) is 6.07 Å². The molecule has 0 saturated carbocycles. The van der Waals surface area contributed by atoms with E-state index in [0.29, 0.717) is 6.20 Å². The number of nitrogens with zero attached hydrogens (tertiary/aromatic N) is 2. The van der Waals surface area contributed by atoms with Gasteiger partial charge < -0.3 is 10.1 Å². The van der Waals surface area contributed by atoms with Crippen molar-refractivity contribution in [2.24, 2.45) is 0 Å². The van der Waals surface area contributed by atoms with Gasteiger partial charge in [-0.2, -0.15) is 13.2 Å². The molecule has 192 valence electrons. The number of anilines is 2. The number of alkyl halides is 3. The third kappa shape index (κ3) is 7.05. The van der Waals surface area contributed by atoms with E-state index in [0.717, 1.165) is 28.8 Å². The average molecular weight is 528 g/mol. The number of carbonyl (C=O) groups is 1. The van der Waals surface area contributed by atoms with Gasteiger partial charge in [0.05, 0.1) is 24.1 Å². The summed E-state index contributed by atoms with van der Waals surface area (Å²) in [6, 6.07) is 11.0. The van der Waals surface area contributed by atoms with E-state index in [1.54, 1.807) is 0 Å². The van der Waals surface area contributed by atoms with Crippen molar-refractivity contribution >= 4 is 27.3 Å². The fourth-order valence-electron chi connectivity index (χ4n) is 3.06. The zero-order valence-electron chi connectivity index (χ0n) is 18.5. The van der Waals surface area contributed by atoms with Crippen LogP contribution in [0.4, 0.5) is 28.9 Å². The smallest absolute Gasteiger partial charge is 0.417 e. The van der Waals surface area contributed by atoms with Crippen molar-refractivity contribution in [1.82, 2.24) is 10.5 Å². The molecule has 0 spiro atoms. The van der Waals surface area contributed by atoms with Crippen molar-refractivity contribution in [2.45, 2.75) is 12.2 Å². The summed E-state index contributed by atoms with van der Waals surface area (Å²) in [5.41, 5.74) is 0.786. The number of ether oxygens (including phenoxy) is 1. The first-order chi connectivity index (χ1) is 16.9. The maximum absolute atomic E-state index is 13.5. The Morgan fingerprint density at radius 2 is 1.83 bits per heavy atom. The summed E-state index contributed by atoms with van der Waals surface area (Å²) < 4.78 is 82.8. The molecular weight excluding hydrogens is 508 g/mol. The lowest BCUT2D eigenvalue weighted by Crippen LogP contribution is -2.48. The summed E-state index contributed by atoms with van der Waals surface area (Å²) in [5, 5.41) is 11.8. The maximum atomic E-state index is 13.5. The third-order valence-electron chi connectivity index (χ3n) is 4.75. The quantitative estimate of drug-likeness (QED) is 0.220. The molecule has 1 aromatic heterocycles. The van der Waals surface area contributed by atoms with E-state index < -0.39 is 46.1 Å². The Balaban J connectivity index is 1.80. The number of hydroxylamine groups is 1. The first-order valence-corrected chi connectivity index (χ1v) is 12.0. The minimum absolute atomic E-state index is 0.113. The highest BCUT2D eigenvalue weighted by atomic mass is 32.2. The van der Waals surface area contributed by atoms with Crippen LogP contribution >= 0.6 is 0 Å². The van der Waals surface area contributed by atoms with E-state index >= 15 is 0 Å². The lowest BCUT2D eigenvalue weighted by molar-refractivity contribution is -0.137. The number of halogens is 4. The van der Waals surface area contributed by atoms with Crippen molar-refractivity contribution in [1.29, 1.82) is 0 Å². The Morgan fingerprint density at radius 3 is 2.36 bits per heavy atom. The van der Waals surface area contributed by atoms with Gasteiger partial charge in [0.1, 0.15) is 17.6 Å². The van der Waals surface area contributed by atoms with Crippen LogP contribution < -0.4 is 19.8 Å². The zero-order chi connectivity index (χ0) is 26.5. The maximum Gasteiger partial charge on any atom is 0.417 e. The van der Waals surface area contributed by atoms with Crippen LogP contribution in [0.3, 0.4) is 0 Å². The SMILES string of the molecule is CS(=O)(=O)N(C[C@H](Nc1cccc(F)c1)C(=O)NO)c1ccc(Oc2ccc(C(F)(F)F)cn2)cc1. The van der Waals surface area contributed by atoms with E-state index in [4.69, 9.17) is 9.94 Å². The van der Waals surface area contributed by atoms with Gasteiger partial charge in [0.15, 0.2) is 0 Å². The highest BCUT2D eigenvalue weighted by Crippen LogP contribution is 2.30. The molecule has 1 amide bonds. The molecular formula is C22H20F4N4O5S. The predicted molar refractivity (Wildman–Crippen MR) is 122 cm³/mol. The summed E-state index contributed by atoms with van der Waals surface area (Å²) in [7, 11) is -3.95. The molecule has 3 rings (SSSR count). The molecule has 0 aliphatic heterocycles. The number of hydrogen-bond acceptors (Lipinski definition) is 7. The van der Waals surface area contributed by atoms with E-state index in [9.17, 15) is 30.8 Å². The minimum Gasteiger partial charge on any atom is -0.439 e. The van der Waals surface area contributed by atoms with Gasteiger partial charge in [0, 0.05) is 18.0 Å². The van der Waals surface area contributed by atoms with Crippen LogP contribution in [0.1, 0.15) is 5.56 Å². The average Bonchev–Trinajstić information content (AvgIpc) is 2.81. The van der Waals surface area contributed by atoms with Gasteiger partial charge in [-0.15, -0.1) is 0 Å². The number of aromatic nitrogens is 1. The minimum atomic E-state index is -4.55. The molecule has 0 unspecified atom stereocenters. The van der Waals surface area contributed by atoms with Crippen molar-refractivity contribution in [3.63, 3.8) is 0 Å². The van der Waals surface area contributed by atoms with Crippen LogP contribution in [0, 0.1) is 5.82 Å². The topological polar surface area (TPSA) is 121 Å². The lowest BCUT2D eigenvalue weighted by atomic mass is 10.2. The molecule has 2 aromatic carbocycles. The molecule has 0 aliphatic rings. The Morgan fingerprint density at radius 1 is 1.14 bits per heavy atom. The van der Waals surface area contributed by atoms with Crippen molar-refractivity contribution in [2.75, 3.05) is 22.4 Å². The number of carbonyl (C=O) groups excluding carboxylic acids is 1. The molecule has 0 fully saturated rings. The van der Waals surface area contributed by atoms with Crippen molar-refractivity contribution < 1.29 is 40.7 Å². The normalized spacial score (nSPS) is 12.5. The Bertz CT molecular complexity index is 1300. The number of benzene rings is 2. The molecule has 0 saturated heterocycles. The fourth-order valence-corrected chi connectivity index (χ4v) is 3.98. The predicted octanol–water partition coefficient (Wildman–Crippen LogP) is 3.78. The van der Waals surface area contributed by atoms with Crippen molar-refractivity contribution in [3.05, 3.63) is 78.2 Å². The Hall–Kier alpha value is -3.91. The van der Waals surface area contributed by atoms with E-state index in [1.807, 2.05) is 0 Å². The van der Waals surface area contributed by atoms with Crippen LogP contribution in [0.15, 0.2) is 66.9 Å². The number of amides is 1. The van der Waals surface area contributed by atoms with Gasteiger partial charge in [-0.3, -0.25) is 14.3 Å². The second-order valence-corrected chi connectivity index (χ2v) is 9.36. The van der Waals surface area contributed by atoms with Crippen LogP contribution in [0.2, 0.25) is 0 Å². The summed E-state index contributed by atoms with van der Waals surface area (Å²) in [6.07, 6.45) is -3.02. The molecule has 0 radical (unpaired) electrons. The van der Waals surface area contributed by atoms with Crippen LogP contribution in [-0.4, -0.2) is 43.4 Å². The lowest BCUT2D eigenvalue weighted by Gasteiger charge is -2.27. The molecule has 9 nitrogen and oxygen atoms in total. The van der Waals surface area contributed by atoms with Gasteiger partial charge >= 0.3 is 6.18 Å². The monoisotopic (exact) mass is 528 g/mol. The van der Waals surface area contributed by atoms with Crippen LogP contribution in [-0.2, 0) is 21.0 Å². The number of nitrogens with one attached hydrogen (secondary N) is 2. The second kappa shape index (κ2) is 10.8. The molecule has 36 heavy (non-hydrogen) atoms. The largest absolute Gasteiger partial charge is 0.439 e. The Kier molecular flexibility index (Phi) is 8.00. The number of rotatable bonds is 9. The molecule has 0 bridgehead atoms. The van der Waals surface area contributed by atoms with Gasteiger partial charge in [0.2, 0.25) is 15.9 Å². The fraction of sp³-hybridized carbons (Fsp3) is 0.182. The summed E-state index contributed by atoms with van der Waals surface area (Å²) >= 11 is 0. The molecule has 3 N–H and O–H groups in total. The van der Waals surface area contributed by atoms with Crippen LogP contribution in [0.5, 0.6) is 11.6 Å². The number of pyridine rings is 1. The van der Waals surface area contributed by atoms with Gasteiger partial charge in [0.25, 0.3) is 5.91 Å². The highest BCUT2D eigenvalue weighted by Gasteiger charge is 2.31. The highest BCUT2D eigenvalue weighted by molar-refractivity contribution is 7.92. The standard InChI is InChI=1S/C22H20F4N4O5S/c1-36(33,34)30(13-19(21(31)29-32)28-16-4-2-3-15(23)11-16)17-6-8-18(9-7-17)35-20-10-5-14(12-27-20)22(24,25)26/h2-12,19,28,32H,13H2,1H3,(H,29,31)/t19-/m0/s1. The first-order valence-electron chi connectivity index (χ1n) is 10.1. The summed E-state index contributed by atoms with van der Waals surface area (Å²) in [6.45, 7) is -0.484. The second-order valence-electron chi connectivity index (χ2n) is 7.46. The van der Waals surface area contributed by atoms with Gasteiger partial charge in [-0.05, 0) is 48.5 Å². The van der Waals surface area contributed by atoms with Gasteiger partial charge in [-0.25, -0.2) is 23.3 Å². The van der Waals surface area contributed by atoms with Crippen LogP contribution in [0.25, 0.3) is 0 Å². The summed E-state index contributed by atoms with van der Waals surface area (Å²) in [5.74, 6) is -1.53. The van der Waals surface area contributed by atoms with E-state index in [1.165, 1.54) is 47.9 Å². The van der Waals surface area contributed by atoms with E-state index in [-0.39, 0.29) is 23.0 Å². The first kappa shape index (κ1) is 26.7. The zero-order valence-corrected chi connectivity index (χ0v) is 19.3. The summed E-state index contributed by atoms with van der Waals surface area (Å²) in [4.78, 5) is 15.8. The van der Waals surface area contributed by atoms with E-state index in [2.05, 4.69) is 10.3 Å². The number of hydrogen-bond donors (Lipinski definition) is 3. The Labute approximate surface area is 203 Å². The third-order valence-corrected chi connectivity index (χ3v) is 5.91. The molecule has 1 atom stereocenters. The molecule has 0 aliphatic carbocycles. The molecule has 3 aromatic rings. The van der Waals surface area contributed by atoms with Crippen molar-refractivity contribution in [3.8, 4) is 11.6 Å². The molecule has 1 heterocycles.